The highest BCUT2D eigenvalue weighted by Crippen LogP contribution is 2.67. The number of allylic oxidation sites excluding steroid dienone is 7. The minimum absolute atomic E-state index is 0.0508. The average Bonchev–Trinajstić information content (AvgIpc) is 3.43. The zero-order valence-electron chi connectivity index (χ0n) is 33.2. The molecule has 4 rings (SSSR count). The summed E-state index contributed by atoms with van der Waals surface area (Å²) in [6, 6.07) is 0. The molecule has 0 spiro atoms. The zero-order chi connectivity index (χ0) is 35.1. The molecule has 0 amide bonds. The standard InChI is InChI=1S/C47H78O2/c1-7-8-9-10-11-12-13-14-15-16-17-18-19-20-21-22-23-27-45(48)49-40-32-34-46(5)39(36-40)28-29-41-43-31-30-42(38(4)26-24-25-37(2)3)47(43,6)35-33-44(41)46/h8-9,11-12,14-15,28,37-38,40-44H,7,10,13,16-27,29-36H2,1-6H3/b9-8-,12-11-,15-14-/t38-,40+,41+,42?,43+,44+,46+,47-/m1/s1. The molecule has 1 unspecified atom stereocenters. The van der Waals surface area contributed by atoms with Gasteiger partial charge in [-0.25, -0.2) is 0 Å². The first-order valence-corrected chi connectivity index (χ1v) is 21.5. The lowest BCUT2D eigenvalue weighted by molar-refractivity contribution is -0.151. The van der Waals surface area contributed by atoms with E-state index in [9.17, 15) is 4.79 Å². The Kier molecular flexibility index (Phi) is 16.8. The van der Waals surface area contributed by atoms with Gasteiger partial charge in [0.15, 0.2) is 0 Å². The third-order valence-electron chi connectivity index (χ3n) is 14.1. The normalized spacial score (nSPS) is 32.1. The molecule has 4 aliphatic carbocycles. The molecule has 4 aliphatic rings. The van der Waals surface area contributed by atoms with Crippen molar-refractivity contribution >= 4 is 5.97 Å². The molecule has 49 heavy (non-hydrogen) atoms. The van der Waals surface area contributed by atoms with Gasteiger partial charge in [-0.15, -0.1) is 0 Å². The van der Waals surface area contributed by atoms with E-state index in [4.69, 9.17) is 4.74 Å². The van der Waals surface area contributed by atoms with Crippen LogP contribution in [0.3, 0.4) is 0 Å². The highest BCUT2D eigenvalue weighted by molar-refractivity contribution is 5.69. The Morgan fingerprint density at radius 1 is 0.796 bits per heavy atom. The molecule has 0 heterocycles. The molecule has 2 heteroatoms. The summed E-state index contributed by atoms with van der Waals surface area (Å²) in [6.45, 7) is 14.8. The number of carbonyl (C=O) groups excluding carboxylic acids is 1. The molecule has 0 aliphatic heterocycles. The third-order valence-corrected chi connectivity index (χ3v) is 14.1. The van der Waals surface area contributed by atoms with E-state index in [2.05, 4.69) is 84.1 Å². The number of ether oxygens (including phenoxy) is 1. The topological polar surface area (TPSA) is 26.3 Å². The van der Waals surface area contributed by atoms with Crippen molar-refractivity contribution in [3.8, 4) is 0 Å². The Balaban J connectivity index is 1.09. The number of unbranched alkanes of at least 4 members (excludes halogenated alkanes) is 7. The largest absolute Gasteiger partial charge is 0.462 e. The fraction of sp³-hybridized carbons (Fsp3) is 0.809. The van der Waals surface area contributed by atoms with Crippen LogP contribution in [0.15, 0.2) is 48.1 Å². The quantitative estimate of drug-likeness (QED) is 0.0688. The summed E-state index contributed by atoms with van der Waals surface area (Å²) in [5, 5.41) is 0. The SMILES string of the molecule is CC/C=C\C/C=C\C/C=C\CCCCCCCCCC(=O)O[C@H]1CC[C@@]2(C)C(=CC[C@@H]3[C@@H]2CC[C@]2(C)C([C@H](C)CCCC(C)C)CC[C@@H]32)C1. The van der Waals surface area contributed by atoms with Gasteiger partial charge in [-0.05, 0) is 130 Å². The van der Waals surface area contributed by atoms with E-state index < -0.39 is 0 Å². The molecule has 0 radical (unpaired) electrons. The molecule has 278 valence electrons. The second-order valence-corrected chi connectivity index (χ2v) is 18.0. The van der Waals surface area contributed by atoms with Gasteiger partial charge in [0.05, 0.1) is 0 Å². The monoisotopic (exact) mass is 675 g/mol. The Morgan fingerprint density at radius 3 is 2.22 bits per heavy atom. The second kappa shape index (κ2) is 20.5. The zero-order valence-corrected chi connectivity index (χ0v) is 33.2. The highest BCUT2D eigenvalue weighted by atomic mass is 16.5. The Morgan fingerprint density at radius 2 is 1.49 bits per heavy atom. The smallest absolute Gasteiger partial charge is 0.306 e. The first-order valence-electron chi connectivity index (χ1n) is 21.5. The number of rotatable bonds is 21. The number of esters is 1. The summed E-state index contributed by atoms with van der Waals surface area (Å²) in [6.07, 6.45) is 44.6. The van der Waals surface area contributed by atoms with Gasteiger partial charge >= 0.3 is 5.97 Å². The molecule has 3 saturated carbocycles. The van der Waals surface area contributed by atoms with Gasteiger partial charge in [-0.1, -0.05) is 141 Å². The molecule has 0 aromatic rings. The van der Waals surface area contributed by atoms with Gasteiger partial charge in [-0.3, -0.25) is 4.79 Å². The van der Waals surface area contributed by atoms with Crippen molar-refractivity contribution in [1.82, 2.24) is 0 Å². The number of hydrogen-bond acceptors (Lipinski definition) is 2. The van der Waals surface area contributed by atoms with Gasteiger partial charge in [0, 0.05) is 12.8 Å². The molecular weight excluding hydrogens is 597 g/mol. The molecule has 2 nitrogen and oxygen atoms in total. The molecular formula is C47H78O2. The van der Waals surface area contributed by atoms with Crippen LogP contribution in [0.25, 0.3) is 0 Å². The van der Waals surface area contributed by atoms with E-state index in [1.807, 2.05) is 0 Å². The lowest BCUT2D eigenvalue weighted by Gasteiger charge is -2.58. The summed E-state index contributed by atoms with van der Waals surface area (Å²) in [5.74, 6) is 5.29. The molecule has 3 fully saturated rings. The van der Waals surface area contributed by atoms with Crippen molar-refractivity contribution in [2.75, 3.05) is 0 Å². The summed E-state index contributed by atoms with van der Waals surface area (Å²) < 4.78 is 6.13. The lowest BCUT2D eigenvalue weighted by Crippen LogP contribution is -2.51. The van der Waals surface area contributed by atoms with Crippen LogP contribution in [0.1, 0.15) is 189 Å². The van der Waals surface area contributed by atoms with Crippen LogP contribution in [0.4, 0.5) is 0 Å². The summed E-state index contributed by atoms with van der Waals surface area (Å²) >= 11 is 0. The highest BCUT2D eigenvalue weighted by Gasteiger charge is 2.59. The fourth-order valence-corrected chi connectivity index (χ4v) is 11.2. The first kappa shape index (κ1) is 40.2. The van der Waals surface area contributed by atoms with Gasteiger partial charge in [0.1, 0.15) is 6.10 Å². The van der Waals surface area contributed by atoms with Gasteiger partial charge in [0.2, 0.25) is 0 Å². The van der Waals surface area contributed by atoms with Crippen molar-refractivity contribution in [3.63, 3.8) is 0 Å². The van der Waals surface area contributed by atoms with Gasteiger partial charge in [-0.2, -0.15) is 0 Å². The lowest BCUT2D eigenvalue weighted by atomic mass is 9.47. The van der Waals surface area contributed by atoms with Crippen molar-refractivity contribution in [3.05, 3.63) is 48.1 Å². The predicted molar refractivity (Wildman–Crippen MR) is 211 cm³/mol. The van der Waals surface area contributed by atoms with Crippen molar-refractivity contribution in [2.45, 2.75) is 195 Å². The van der Waals surface area contributed by atoms with Gasteiger partial charge < -0.3 is 4.74 Å². The van der Waals surface area contributed by atoms with Crippen molar-refractivity contribution in [1.29, 1.82) is 0 Å². The van der Waals surface area contributed by atoms with E-state index in [0.717, 1.165) is 80.5 Å². The Hall–Kier alpha value is -1.57. The first-order chi connectivity index (χ1) is 23.7. The van der Waals surface area contributed by atoms with Crippen molar-refractivity contribution in [2.24, 2.45) is 46.3 Å². The van der Waals surface area contributed by atoms with E-state index in [1.54, 1.807) is 5.57 Å². The van der Waals surface area contributed by atoms with E-state index in [1.165, 1.54) is 96.3 Å². The van der Waals surface area contributed by atoms with Crippen LogP contribution >= 0.6 is 0 Å². The molecule has 8 atom stereocenters. The average molecular weight is 675 g/mol. The fourth-order valence-electron chi connectivity index (χ4n) is 11.2. The van der Waals surface area contributed by atoms with E-state index >= 15 is 0 Å². The van der Waals surface area contributed by atoms with Crippen LogP contribution < -0.4 is 0 Å². The second-order valence-electron chi connectivity index (χ2n) is 18.0. The molecule has 0 bridgehead atoms. The van der Waals surface area contributed by atoms with Crippen LogP contribution in [0, 0.1) is 46.3 Å². The van der Waals surface area contributed by atoms with Crippen LogP contribution in [0.2, 0.25) is 0 Å². The maximum Gasteiger partial charge on any atom is 0.306 e. The predicted octanol–water partition coefficient (Wildman–Crippen LogP) is 14.3. The molecule has 0 aromatic carbocycles. The third kappa shape index (κ3) is 11.5. The number of carbonyl (C=O) groups is 1. The minimum Gasteiger partial charge on any atom is -0.462 e. The van der Waals surface area contributed by atoms with E-state index in [0.29, 0.717) is 17.3 Å². The van der Waals surface area contributed by atoms with Crippen LogP contribution in [-0.4, -0.2) is 12.1 Å². The molecule has 0 saturated heterocycles. The maximum absolute atomic E-state index is 12.8. The Bertz CT molecular complexity index is 1090. The summed E-state index contributed by atoms with van der Waals surface area (Å²) in [7, 11) is 0. The van der Waals surface area contributed by atoms with Crippen LogP contribution in [-0.2, 0) is 9.53 Å². The maximum atomic E-state index is 12.8. The number of hydrogen-bond donors (Lipinski definition) is 0. The summed E-state index contributed by atoms with van der Waals surface area (Å²) in [5.41, 5.74) is 2.52. The van der Waals surface area contributed by atoms with Gasteiger partial charge in [0.25, 0.3) is 0 Å². The minimum atomic E-state index is 0.0508. The van der Waals surface area contributed by atoms with Crippen molar-refractivity contribution < 1.29 is 9.53 Å². The van der Waals surface area contributed by atoms with E-state index in [-0.39, 0.29) is 12.1 Å². The van der Waals surface area contributed by atoms with Crippen LogP contribution in [0.5, 0.6) is 0 Å². The molecule has 0 N–H and O–H groups in total. The number of fused-ring (bicyclic) bond motifs is 5. The summed E-state index contributed by atoms with van der Waals surface area (Å²) in [4.78, 5) is 12.8. The Labute approximate surface area is 304 Å². The molecule has 0 aromatic heterocycles.